The van der Waals surface area contributed by atoms with E-state index in [1.54, 1.807) is 6.07 Å². The Hall–Kier alpha value is -2.84. The summed E-state index contributed by atoms with van der Waals surface area (Å²) in [4.78, 5) is 0. The molecule has 0 N–H and O–H groups in total. The summed E-state index contributed by atoms with van der Waals surface area (Å²) in [6.45, 7) is 2.19. The molecule has 1 fully saturated rings. The lowest BCUT2D eigenvalue weighted by atomic mass is 9.78. The average molecular weight is 357 g/mol. The molecule has 2 heteroatoms. The molecule has 1 aliphatic rings. The van der Waals surface area contributed by atoms with E-state index in [4.69, 9.17) is 5.26 Å². The van der Waals surface area contributed by atoms with E-state index >= 15 is 0 Å². The van der Waals surface area contributed by atoms with Crippen molar-refractivity contribution in [2.45, 2.75) is 44.9 Å². The summed E-state index contributed by atoms with van der Waals surface area (Å²) in [6, 6.07) is 15.4. The Morgan fingerprint density at radius 3 is 2.44 bits per heavy atom. The summed E-state index contributed by atoms with van der Waals surface area (Å²) in [5, 5.41) is 8.75. The SMILES string of the molecule is CCc1ccc(C2CCC(/C=C/C#Cc3ccc(C#N)c(F)c3)CC2)cc1. The Balaban J connectivity index is 1.52. The predicted octanol–water partition coefficient (Wildman–Crippen LogP) is 6.14. The first-order valence-corrected chi connectivity index (χ1v) is 9.66. The standard InChI is InChI=1S/C25H24FN/c1-2-19-7-12-22(13-8-19)23-14-9-20(10-15-23)5-3-4-6-21-11-16-24(18-27)25(26)17-21/h3,5,7-8,11-13,16-17,20,23H,2,9-10,14-15H2,1H3/b5-3+. The van der Waals surface area contributed by atoms with E-state index in [1.165, 1.54) is 48.9 Å². The van der Waals surface area contributed by atoms with E-state index < -0.39 is 5.82 Å². The number of allylic oxidation sites excluding steroid dienone is 2. The minimum absolute atomic E-state index is 0.0529. The van der Waals surface area contributed by atoms with Gasteiger partial charge in [0.2, 0.25) is 0 Å². The fourth-order valence-electron chi connectivity index (χ4n) is 3.66. The van der Waals surface area contributed by atoms with Crippen molar-refractivity contribution in [3.8, 4) is 17.9 Å². The van der Waals surface area contributed by atoms with Crippen molar-refractivity contribution in [3.63, 3.8) is 0 Å². The number of rotatable bonds is 3. The van der Waals surface area contributed by atoms with Crippen LogP contribution in [-0.4, -0.2) is 0 Å². The third-order valence-corrected chi connectivity index (χ3v) is 5.39. The number of nitrogens with zero attached hydrogens (tertiary/aromatic N) is 1. The lowest BCUT2D eigenvalue weighted by Crippen LogP contribution is -2.11. The molecule has 0 aliphatic heterocycles. The molecule has 136 valence electrons. The van der Waals surface area contributed by atoms with Crippen LogP contribution in [-0.2, 0) is 6.42 Å². The zero-order chi connectivity index (χ0) is 19.1. The molecule has 1 saturated carbocycles. The van der Waals surface area contributed by atoms with Crippen LogP contribution in [0.25, 0.3) is 0 Å². The largest absolute Gasteiger partial charge is 0.206 e. The molecule has 0 heterocycles. The fourth-order valence-corrected chi connectivity index (χ4v) is 3.66. The van der Waals surface area contributed by atoms with Crippen molar-refractivity contribution in [1.29, 1.82) is 5.26 Å². The summed E-state index contributed by atoms with van der Waals surface area (Å²) in [5.74, 6) is 6.66. The first-order valence-electron chi connectivity index (χ1n) is 9.66. The molecule has 0 bridgehead atoms. The van der Waals surface area contributed by atoms with Gasteiger partial charge >= 0.3 is 0 Å². The van der Waals surface area contributed by atoms with Gasteiger partial charge in [0.25, 0.3) is 0 Å². The van der Waals surface area contributed by atoms with Crippen LogP contribution >= 0.6 is 0 Å². The second kappa shape index (κ2) is 9.20. The van der Waals surface area contributed by atoms with Crippen LogP contribution in [0.4, 0.5) is 4.39 Å². The van der Waals surface area contributed by atoms with Crippen molar-refractivity contribution in [1.82, 2.24) is 0 Å². The number of aryl methyl sites for hydroxylation is 1. The molecular formula is C25H24FN. The lowest BCUT2D eigenvalue weighted by molar-refractivity contribution is 0.376. The molecule has 0 aromatic heterocycles. The first kappa shape index (κ1) is 18.9. The number of nitriles is 1. The first-order chi connectivity index (χ1) is 13.2. The lowest BCUT2D eigenvalue weighted by Gasteiger charge is -2.27. The predicted molar refractivity (Wildman–Crippen MR) is 108 cm³/mol. The van der Waals surface area contributed by atoms with Crippen LogP contribution in [0.2, 0.25) is 0 Å². The summed E-state index contributed by atoms with van der Waals surface area (Å²) in [5.41, 5.74) is 3.51. The Morgan fingerprint density at radius 2 is 1.81 bits per heavy atom. The highest BCUT2D eigenvalue weighted by Crippen LogP contribution is 2.36. The summed E-state index contributed by atoms with van der Waals surface area (Å²) in [6.07, 6.45) is 9.96. The van der Waals surface area contributed by atoms with E-state index in [1.807, 2.05) is 12.1 Å². The Labute approximate surface area is 161 Å². The molecule has 2 aromatic rings. The van der Waals surface area contributed by atoms with E-state index in [2.05, 4.69) is 49.1 Å². The van der Waals surface area contributed by atoms with Crippen LogP contribution in [0.5, 0.6) is 0 Å². The molecule has 0 spiro atoms. The van der Waals surface area contributed by atoms with Crippen molar-refractivity contribution < 1.29 is 4.39 Å². The van der Waals surface area contributed by atoms with Gasteiger partial charge in [-0.3, -0.25) is 0 Å². The van der Waals surface area contributed by atoms with Gasteiger partial charge in [-0.15, -0.1) is 0 Å². The molecule has 27 heavy (non-hydrogen) atoms. The van der Waals surface area contributed by atoms with Crippen molar-refractivity contribution in [2.75, 3.05) is 0 Å². The summed E-state index contributed by atoms with van der Waals surface area (Å²) >= 11 is 0. The minimum Gasteiger partial charge on any atom is -0.206 e. The zero-order valence-electron chi connectivity index (χ0n) is 15.7. The van der Waals surface area contributed by atoms with Gasteiger partial charge < -0.3 is 0 Å². The van der Waals surface area contributed by atoms with Crippen LogP contribution in [0.3, 0.4) is 0 Å². The van der Waals surface area contributed by atoms with Gasteiger partial charge in [-0.2, -0.15) is 5.26 Å². The molecule has 0 amide bonds. The summed E-state index contributed by atoms with van der Waals surface area (Å²) < 4.78 is 13.6. The van der Waals surface area contributed by atoms with Gasteiger partial charge in [-0.25, -0.2) is 4.39 Å². The van der Waals surface area contributed by atoms with Crippen LogP contribution in [0.1, 0.15) is 60.8 Å². The van der Waals surface area contributed by atoms with Crippen LogP contribution < -0.4 is 0 Å². The number of hydrogen-bond donors (Lipinski definition) is 0. The molecule has 0 unspecified atom stereocenters. The summed E-state index contributed by atoms with van der Waals surface area (Å²) in [7, 11) is 0. The maximum atomic E-state index is 13.6. The van der Waals surface area contributed by atoms with Crippen LogP contribution in [0.15, 0.2) is 54.6 Å². The van der Waals surface area contributed by atoms with E-state index in [-0.39, 0.29) is 5.56 Å². The quantitative estimate of drug-likeness (QED) is 0.605. The normalized spacial score (nSPS) is 19.3. The van der Waals surface area contributed by atoms with Gasteiger partial charge in [0.1, 0.15) is 11.9 Å². The van der Waals surface area contributed by atoms with Gasteiger partial charge in [-0.05, 0) is 79.3 Å². The number of benzene rings is 2. The highest BCUT2D eigenvalue weighted by atomic mass is 19.1. The fraction of sp³-hybridized carbons (Fsp3) is 0.320. The Bertz CT molecular complexity index is 898. The van der Waals surface area contributed by atoms with Crippen molar-refractivity contribution in [3.05, 3.63) is 82.7 Å². The maximum Gasteiger partial charge on any atom is 0.142 e. The van der Waals surface area contributed by atoms with Crippen molar-refractivity contribution >= 4 is 0 Å². The molecule has 0 radical (unpaired) electrons. The molecule has 1 aliphatic carbocycles. The maximum absolute atomic E-state index is 13.6. The van der Waals surface area contributed by atoms with Crippen LogP contribution in [0, 0.1) is 34.9 Å². The Kier molecular flexibility index (Phi) is 6.45. The Morgan fingerprint density at radius 1 is 1.07 bits per heavy atom. The monoisotopic (exact) mass is 357 g/mol. The highest BCUT2D eigenvalue weighted by molar-refractivity contribution is 5.42. The highest BCUT2D eigenvalue weighted by Gasteiger charge is 2.20. The minimum atomic E-state index is -0.515. The zero-order valence-corrected chi connectivity index (χ0v) is 15.7. The molecule has 2 aromatic carbocycles. The number of halogens is 1. The van der Waals surface area contributed by atoms with Gasteiger partial charge in [0.15, 0.2) is 0 Å². The molecule has 1 nitrogen and oxygen atoms in total. The molecule has 0 saturated heterocycles. The average Bonchev–Trinajstić information content (AvgIpc) is 2.72. The number of hydrogen-bond acceptors (Lipinski definition) is 1. The van der Waals surface area contributed by atoms with Gasteiger partial charge in [0, 0.05) is 5.56 Å². The molecular weight excluding hydrogens is 333 g/mol. The van der Waals surface area contributed by atoms with Crippen molar-refractivity contribution in [2.24, 2.45) is 5.92 Å². The third-order valence-electron chi connectivity index (χ3n) is 5.39. The van der Waals surface area contributed by atoms with E-state index in [0.717, 1.165) is 6.42 Å². The third kappa shape index (κ3) is 5.08. The van der Waals surface area contributed by atoms with Gasteiger partial charge in [0.05, 0.1) is 5.56 Å². The molecule has 0 atom stereocenters. The molecule has 3 rings (SSSR count). The topological polar surface area (TPSA) is 23.8 Å². The second-order valence-electron chi connectivity index (χ2n) is 7.14. The van der Waals surface area contributed by atoms with Gasteiger partial charge in [-0.1, -0.05) is 49.1 Å². The second-order valence-corrected chi connectivity index (χ2v) is 7.14. The van der Waals surface area contributed by atoms with E-state index in [9.17, 15) is 4.39 Å². The van der Waals surface area contributed by atoms with E-state index in [0.29, 0.717) is 17.4 Å². The smallest absolute Gasteiger partial charge is 0.142 e.